The lowest BCUT2D eigenvalue weighted by atomic mass is 10.1. The average Bonchev–Trinajstić information content (AvgIpc) is 3.05. The van der Waals surface area contributed by atoms with Gasteiger partial charge in [-0.25, -0.2) is 0 Å². The van der Waals surface area contributed by atoms with Crippen molar-refractivity contribution in [2.24, 2.45) is 0 Å². The van der Waals surface area contributed by atoms with Crippen LogP contribution in [-0.2, 0) is 13.0 Å². The molecule has 0 spiro atoms. The van der Waals surface area contributed by atoms with E-state index in [1.807, 2.05) is 48.1 Å². The van der Waals surface area contributed by atoms with Gasteiger partial charge >= 0.3 is 0 Å². The molecule has 0 amide bonds. The van der Waals surface area contributed by atoms with E-state index < -0.39 is 4.92 Å². The second-order valence-electron chi connectivity index (χ2n) is 5.35. The van der Waals surface area contributed by atoms with Crippen molar-refractivity contribution in [1.29, 1.82) is 0 Å². The van der Waals surface area contributed by atoms with E-state index in [-0.39, 0.29) is 5.69 Å². The van der Waals surface area contributed by atoms with E-state index in [2.05, 4.69) is 5.10 Å². The van der Waals surface area contributed by atoms with Gasteiger partial charge in [-0.1, -0.05) is 18.2 Å². The molecule has 6 nitrogen and oxygen atoms in total. The SMILES string of the molecule is CCn1cc(Cc2cc([N+](=O)[O-])ccc2Oc2ccccc2)cn1. The molecule has 0 aliphatic rings. The number of para-hydroxylation sites is 1. The fourth-order valence-electron chi connectivity index (χ4n) is 2.42. The van der Waals surface area contributed by atoms with E-state index in [4.69, 9.17) is 4.74 Å². The fourth-order valence-corrected chi connectivity index (χ4v) is 2.42. The molecular formula is C18H17N3O3. The Kier molecular flexibility index (Phi) is 4.56. The van der Waals surface area contributed by atoms with E-state index >= 15 is 0 Å². The highest BCUT2D eigenvalue weighted by Crippen LogP contribution is 2.30. The van der Waals surface area contributed by atoms with Crippen LogP contribution in [-0.4, -0.2) is 14.7 Å². The molecule has 3 aromatic rings. The first-order valence-corrected chi connectivity index (χ1v) is 7.67. The minimum absolute atomic E-state index is 0.0493. The number of ether oxygens (including phenoxy) is 1. The summed E-state index contributed by atoms with van der Waals surface area (Å²) in [5, 5.41) is 15.3. The molecule has 0 saturated carbocycles. The van der Waals surface area contributed by atoms with Gasteiger partial charge in [0.15, 0.2) is 0 Å². The summed E-state index contributed by atoms with van der Waals surface area (Å²) in [6.45, 7) is 2.79. The molecule has 0 unspecified atom stereocenters. The van der Waals surface area contributed by atoms with Crippen molar-refractivity contribution < 1.29 is 9.66 Å². The number of non-ortho nitro benzene ring substituents is 1. The lowest BCUT2D eigenvalue weighted by molar-refractivity contribution is -0.384. The van der Waals surface area contributed by atoms with Crippen molar-refractivity contribution in [2.75, 3.05) is 0 Å². The van der Waals surface area contributed by atoms with Gasteiger partial charge in [0, 0.05) is 36.9 Å². The second-order valence-corrected chi connectivity index (χ2v) is 5.35. The number of nitro groups is 1. The zero-order valence-electron chi connectivity index (χ0n) is 13.3. The zero-order chi connectivity index (χ0) is 16.9. The summed E-state index contributed by atoms with van der Waals surface area (Å²) < 4.78 is 7.72. The second kappa shape index (κ2) is 6.95. The normalized spacial score (nSPS) is 10.5. The largest absolute Gasteiger partial charge is 0.457 e. The van der Waals surface area contributed by atoms with Gasteiger partial charge in [0.05, 0.1) is 11.1 Å². The van der Waals surface area contributed by atoms with Crippen LogP contribution in [0.4, 0.5) is 5.69 Å². The standard InChI is InChI=1S/C18H17N3O3/c1-2-20-13-14(12-19-20)10-15-11-16(21(22)23)8-9-18(15)24-17-6-4-3-5-7-17/h3-9,11-13H,2,10H2,1H3. The van der Waals surface area contributed by atoms with Gasteiger partial charge in [-0.15, -0.1) is 0 Å². The van der Waals surface area contributed by atoms with Crippen molar-refractivity contribution in [2.45, 2.75) is 19.9 Å². The predicted octanol–water partition coefficient (Wildman–Crippen LogP) is 4.19. The molecule has 0 aliphatic heterocycles. The van der Waals surface area contributed by atoms with Crippen LogP contribution in [0.15, 0.2) is 60.9 Å². The molecule has 6 heteroatoms. The first-order chi connectivity index (χ1) is 11.7. The minimum atomic E-state index is -0.398. The van der Waals surface area contributed by atoms with Crippen LogP contribution in [0.3, 0.4) is 0 Å². The van der Waals surface area contributed by atoms with E-state index in [0.29, 0.717) is 17.9 Å². The summed E-state index contributed by atoms with van der Waals surface area (Å²) in [5.74, 6) is 1.30. The van der Waals surface area contributed by atoms with E-state index in [9.17, 15) is 10.1 Å². The number of hydrogen-bond acceptors (Lipinski definition) is 4. The maximum Gasteiger partial charge on any atom is 0.269 e. The lowest BCUT2D eigenvalue weighted by Gasteiger charge is -2.10. The highest BCUT2D eigenvalue weighted by atomic mass is 16.6. The van der Waals surface area contributed by atoms with Gasteiger partial charge in [-0.3, -0.25) is 14.8 Å². The summed E-state index contributed by atoms with van der Waals surface area (Å²) >= 11 is 0. The van der Waals surface area contributed by atoms with Gasteiger partial charge in [0.1, 0.15) is 11.5 Å². The molecule has 0 radical (unpaired) electrons. The quantitative estimate of drug-likeness (QED) is 0.503. The minimum Gasteiger partial charge on any atom is -0.457 e. The third-order valence-electron chi connectivity index (χ3n) is 3.63. The van der Waals surface area contributed by atoms with Crippen LogP contribution in [0, 0.1) is 10.1 Å². The van der Waals surface area contributed by atoms with Gasteiger partial charge < -0.3 is 4.74 Å². The van der Waals surface area contributed by atoms with Crippen molar-refractivity contribution in [3.8, 4) is 11.5 Å². The lowest BCUT2D eigenvalue weighted by Crippen LogP contribution is -1.96. The molecule has 24 heavy (non-hydrogen) atoms. The number of rotatable bonds is 6. The van der Waals surface area contributed by atoms with Gasteiger partial charge in [0.2, 0.25) is 0 Å². The summed E-state index contributed by atoms with van der Waals surface area (Å²) in [7, 11) is 0. The third kappa shape index (κ3) is 3.60. The van der Waals surface area contributed by atoms with E-state index in [1.54, 1.807) is 18.3 Å². The van der Waals surface area contributed by atoms with Gasteiger partial charge in [0.25, 0.3) is 5.69 Å². The summed E-state index contributed by atoms with van der Waals surface area (Å²) in [5.41, 5.74) is 1.78. The van der Waals surface area contributed by atoms with E-state index in [1.165, 1.54) is 6.07 Å². The maximum atomic E-state index is 11.1. The number of hydrogen-bond donors (Lipinski definition) is 0. The van der Waals surface area contributed by atoms with Crippen LogP contribution in [0.5, 0.6) is 11.5 Å². The number of benzene rings is 2. The maximum absolute atomic E-state index is 11.1. The van der Waals surface area contributed by atoms with Gasteiger partial charge in [-0.05, 0) is 30.7 Å². The molecular weight excluding hydrogens is 306 g/mol. The van der Waals surface area contributed by atoms with Crippen LogP contribution in [0.2, 0.25) is 0 Å². The first-order valence-electron chi connectivity index (χ1n) is 7.67. The molecule has 1 heterocycles. The van der Waals surface area contributed by atoms with E-state index in [0.717, 1.165) is 17.7 Å². The topological polar surface area (TPSA) is 70.2 Å². The molecule has 0 bridgehead atoms. The highest BCUT2D eigenvalue weighted by Gasteiger charge is 2.14. The Hall–Kier alpha value is -3.15. The zero-order valence-corrected chi connectivity index (χ0v) is 13.3. The molecule has 0 aliphatic carbocycles. The Labute approximate surface area is 139 Å². The van der Waals surface area contributed by atoms with Crippen LogP contribution in [0.1, 0.15) is 18.1 Å². The molecule has 0 atom stereocenters. The molecule has 0 fully saturated rings. The Morgan fingerprint density at radius 1 is 1.21 bits per heavy atom. The first kappa shape index (κ1) is 15.7. The van der Waals surface area contributed by atoms with Gasteiger partial charge in [-0.2, -0.15) is 5.10 Å². The number of aryl methyl sites for hydroxylation is 1. The Bertz CT molecular complexity index is 844. The highest BCUT2D eigenvalue weighted by molar-refractivity contribution is 5.47. The molecule has 2 aromatic carbocycles. The number of nitro benzene ring substituents is 1. The molecule has 3 rings (SSSR count). The molecule has 1 aromatic heterocycles. The summed E-state index contributed by atoms with van der Waals surface area (Å²) in [6.07, 6.45) is 4.23. The predicted molar refractivity (Wildman–Crippen MR) is 90.3 cm³/mol. The van der Waals surface area contributed by atoms with Crippen LogP contribution in [0.25, 0.3) is 0 Å². The fraction of sp³-hybridized carbons (Fsp3) is 0.167. The Morgan fingerprint density at radius 3 is 2.67 bits per heavy atom. The van der Waals surface area contributed by atoms with Crippen molar-refractivity contribution in [3.63, 3.8) is 0 Å². The van der Waals surface area contributed by atoms with Crippen molar-refractivity contribution in [3.05, 3.63) is 82.2 Å². The summed E-state index contributed by atoms with van der Waals surface area (Å²) in [4.78, 5) is 10.7. The Balaban J connectivity index is 1.93. The number of aromatic nitrogens is 2. The average molecular weight is 323 g/mol. The molecule has 0 saturated heterocycles. The van der Waals surface area contributed by atoms with Crippen LogP contribution >= 0.6 is 0 Å². The molecule has 0 N–H and O–H groups in total. The van der Waals surface area contributed by atoms with Crippen molar-refractivity contribution >= 4 is 5.69 Å². The molecule has 122 valence electrons. The monoisotopic (exact) mass is 323 g/mol. The third-order valence-corrected chi connectivity index (χ3v) is 3.63. The van der Waals surface area contributed by atoms with Crippen LogP contribution < -0.4 is 4.74 Å². The summed E-state index contributed by atoms with van der Waals surface area (Å²) in [6, 6.07) is 14.0. The Morgan fingerprint density at radius 2 is 2.00 bits per heavy atom. The smallest absolute Gasteiger partial charge is 0.269 e. The van der Waals surface area contributed by atoms with Crippen molar-refractivity contribution in [1.82, 2.24) is 9.78 Å². The number of nitrogens with zero attached hydrogens (tertiary/aromatic N) is 3.